The number of rotatable bonds is 8. The van der Waals surface area contributed by atoms with Gasteiger partial charge in [0.05, 0.1) is 20.5 Å². The van der Waals surface area contributed by atoms with Crippen molar-refractivity contribution in [3.8, 4) is 11.5 Å². The molecule has 1 aromatic carbocycles. The molecule has 0 bridgehead atoms. The minimum Gasteiger partial charge on any atom is -0.493 e. The Morgan fingerprint density at radius 2 is 2.04 bits per heavy atom. The molecule has 0 aliphatic carbocycles. The molecule has 0 fully saturated rings. The zero-order chi connectivity index (χ0) is 18.2. The normalized spacial score (nSPS) is 10.4. The second-order valence-corrected chi connectivity index (χ2v) is 5.98. The first kappa shape index (κ1) is 19.1. The summed E-state index contributed by atoms with van der Waals surface area (Å²) in [6.45, 7) is 6.62. The fraction of sp³-hybridized carbons (Fsp3) is 0.444. The van der Waals surface area contributed by atoms with E-state index in [9.17, 15) is 0 Å². The lowest BCUT2D eigenvalue weighted by atomic mass is 10.2. The van der Waals surface area contributed by atoms with Gasteiger partial charge in [0, 0.05) is 43.3 Å². The average Bonchev–Trinajstić information content (AvgIpc) is 3.04. The van der Waals surface area contributed by atoms with Gasteiger partial charge in [-0.25, -0.2) is 4.98 Å². The fourth-order valence-corrected chi connectivity index (χ4v) is 2.93. The lowest BCUT2D eigenvalue weighted by molar-refractivity contribution is 0.355. The van der Waals surface area contributed by atoms with E-state index in [1.54, 1.807) is 14.2 Å². The number of aromatic nitrogens is 2. The van der Waals surface area contributed by atoms with Gasteiger partial charge >= 0.3 is 0 Å². The Morgan fingerprint density at radius 3 is 2.64 bits per heavy atom. The minimum absolute atomic E-state index is 0.692. The zero-order valence-electron chi connectivity index (χ0n) is 15.3. The van der Waals surface area contributed by atoms with Crippen LogP contribution in [0.15, 0.2) is 30.7 Å². The van der Waals surface area contributed by atoms with Gasteiger partial charge in [0.2, 0.25) is 0 Å². The van der Waals surface area contributed by atoms with E-state index in [4.69, 9.17) is 21.7 Å². The number of methoxy groups -OCH3 is 2. The standard InChI is InChI=1S/C18H26N4O2S/c1-5-22(15-7-8-16(23-3)17(11-15)24-4)18(25)20-9-6-10-21-13-19-12-14(21)2/h7-8,11-13H,5-6,9-10H2,1-4H3,(H,20,25). The highest BCUT2D eigenvalue weighted by atomic mass is 32.1. The lowest BCUT2D eigenvalue weighted by Gasteiger charge is -2.25. The van der Waals surface area contributed by atoms with Crippen molar-refractivity contribution in [2.24, 2.45) is 0 Å². The molecule has 0 aliphatic rings. The molecule has 2 rings (SSSR count). The zero-order valence-corrected chi connectivity index (χ0v) is 16.1. The van der Waals surface area contributed by atoms with Crippen molar-refractivity contribution in [1.82, 2.24) is 14.9 Å². The van der Waals surface area contributed by atoms with E-state index >= 15 is 0 Å². The van der Waals surface area contributed by atoms with Gasteiger partial charge in [-0.3, -0.25) is 0 Å². The molecule has 0 aliphatic heterocycles. The molecule has 0 saturated heterocycles. The third-order valence-corrected chi connectivity index (χ3v) is 4.38. The summed E-state index contributed by atoms with van der Waals surface area (Å²) >= 11 is 5.56. The Labute approximate surface area is 154 Å². The first-order valence-corrected chi connectivity index (χ1v) is 8.75. The summed E-state index contributed by atoms with van der Waals surface area (Å²) < 4.78 is 12.8. The first-order chi connectivity index (χ1) is 12.1. The molecule has 0 unspecified atom stereocenters. The van der Waals surface area contributed by atoms with Crippen molar-refractivity contribution in [3.05, 3.63) is 36.4 Å². The molecule has 7 heteroatoms. The molecule has 0 amide bonds. The van der Waals surface area contributed by atoms with E-state index in [0.717, 1.165) is 31.7 Å². The second kappa shape index (κ2) is 9.27. The molecule has 2 aromatic rings. The third-order valence-electron chi connectivity index (χ3n) is 4.01. The number of nitrogens with zero attached hydrogens (tertiary/aromatic N) is 3. The number of benzene rings is 1. The van der Waals surface area contributed by atoms with Crippen molar-refractivity contribution in [2.45, 2.75) is 26.8 Å². The molecule has 136 valence electrons. The highest BCUT2D eigenvalue weighted by Crippen LogP contribution is 2.31. The van der Waals surface area contributed by atoms with Crippen LogP contribution in [-0.2, 0) is 6.54 Å². The summed E-state index contributed by atoms with van der Waals surface area (Å²) in [7, 11) is 3.26. The van der Waals surface area contributed by atoms with Gasteiger partial charge < -0.3 is 24.3 Å². The Morgan fingerprint density at radius 1 is 1.28 bits per heavy atom. The molecule has 1 N–H and O–H groups in total. The van der Waals surface area contributed by atoms with Gasteiger partial charge in [0.15, 0.2) is 16.6 Å². The van der Waals surface area contributed by atoms with Crippen LogP contribution in [0, 0.1) is 6.92 Å². The second-order valence-electron chi connectivity index (χ2n) is 5.60. The third kappa shape index (κ3) is 4.85. The first-order valence-electron chi connectivity index (χ1n) is 8.34. The van der Waals surface area contributed by atoms with Gasteiger partial charge in [-0.15, -0.1) is 0 Å². The van der Waals surface area contributed by atoms with Gasteiger partial charge in [-0.05, 0) is 44.6 Å². The van der Waals surface area contributed by atoms with Crippen LogP contribution in [0.2, 0.25) is 0 Å². The molecule has 0 saturated carbocycles. The van der Waals surface area contributed by atoms with E-state index in [2.05, 4.69) is 28.7 Å². The average molecular weight is 362 g/mol. The van der Waals surface area contributed by atoms with Crippen LogP contribution in [0.1, 0.15) is 19.0 Å². The van der Waals surface area contributed by atoms with Crippen molar-refractivity contribution in [1.29, 1.82) is 0 Å². The van der Waals surface area contributed by atoms with E-state index in [1.807, 2.05) is 35.6 Å². The van der Waals surface area contributed by atoms with Crippen molar-refractivity contribution in [3.63, 3.8) is 0 Å². The van der Waals surface area contributed by atoms with E-state index < -0.39 is 0 Å². The number of nitrogens with one attached hydrogen (secondary N) is 1. The van der Waals surface area contributed by atoms with Crippen LogP contribution in [0.5, 0.6) is 11.5 Å². The number of hydrogen-bond acceptors (Lipinski definition) is 4. The van der Waals surface area contributed by atoms with Crippen molar-refractivity contribution in [2.75, 3.05) is 32.2 Å². The number of anilines is 1. The summed E-state index contributed by atoms with van der Waals surface area (Å²) in [6, 6.07) is 5.81. The van der Waals surface area contributed by atoms with Crippen LogP contribution >= 0.6 is 12.2 Å². The Balaban J connectivity index is 1.93. The number of aryl methyl sites for hydroxylation is 2. The maximum Gasteiger partial charge on any atom is 0.173 e. The molecule has 25 heavy (non-hydrogen) atoms. The number of hydrogen-bond donors (Lipinski definition) is 1. The number of thiocarbonyl (C=S) groups is 1. The lowest BCUT2D eigenvalue weighted by Crippen LogP contribution is -2.40. The summed E-state index contributed by atoms with van der Waals surface area (Å²) in [4.78, 5) is 6.18. The maximum absolute atomic E-state index is 5.56. The molecular formula is C18H26N4O2S. The summed E-state index contributed by atoms with van der Waals surface area (Å²) in [5.74, 6) is 1.40. The topological polar surface area (TPSA) is 51.6 Å². The molecular weight excluding hydrogens is 336 g/mol. The maximum atomic E-state index is 5.56. The quantitative estimate of drug-likeness (QED) is 0.575. The Kier molecular flexibility index (Phi) is 7.06. The fourth-order valence-electron chi connectivity index (χ4n) is 2.60. The van der Waals surface area contributed by atoms with Crippen LogP contribution in [0.4, 0.5) is 5.69 Å². The largest absolute Gasteiger partial charge is 0.493 e. The van der Waals surface area contributed by atoms with E-state index in [-0.39, 0.29) is 0 Å². The minimum atomic E-state index is 0.692. The molecule has 6 nitrogen and oxygen atoms in total. The van der Waals surface area contributed by atoms with E-state index in [1.165, 1.54) is 5.69 Å². The highest BCUT2D eigenvalue weighted by Gasteiger charge is 2.13. The molecule has 0 atom stereocenters. The Bertz CT molecular complexity index is 702. The predicted octanol–water partition coefficient (Wildman–Crippen LogP) is 3.00. The van der Waals surface area contributed by atoms with Gasteiger partial charge in [-0.2, -0.15) is 0 Å². The van der Waals surface area contributed by atoms with Gasteiger partial charge in [0.1, 0.15) is 0 Å². The smallest absolute Gasteiger partial charge is 0.173 e. The number of ether oxygens (including phenoxy) is 2. The van der Waals surface area contributed by atoms with Crippen molar-refractivity contribution >= 4 is 23.0 Å². The van der Waals surface area contributed by atoms with Crippen LogP contribution in [-0.4, -0.2) is 42.0 Å². The predicted molar refractivity (Wildman–Crippen MR) is 105 cm³/mol. The molecule has 1 aromatic heterocycles. The number of imidazole rings is 1. The van der Waals surface area contributed by atoms with Gasteiger partial charge in [-0.1, -0.05) is 0 Å². The molecule has 1 heterocycles. The van der Waals surface area contributed by atoms with Crippen molar-refractivity contribution < 1.29 is 9.47 Å². The van der Waals surface area contributed by atoms with Crippen LogP contribution in [0.25, 0.3) is 0 Å². The summed E-state index contributed by atoms with van der Waals surface area (Å²) in [5, 5.41) is 4.04. The summed E-state index contributed by atoms with van der Waals surface area (Å²) in [6.07, 6.45) is 4.70. The van der Waals surface area contributed by atoms with Crippen LogP contribution < -0.4 is 19.7 Å². The highest BCUT2D eigenvalue weighted by molar-refractivity contribution is 7.80. The SMILES string of the molecule is CCN(C(=S)NCCCn1cncc1C)c1ccc(OC)c(OC)c1. The Hall–Kier alpha value is -2.28. The monoisotopic (exact) mass is 362 g/mol. The summed E-state index contributed by atoms with van der Waals surface area (Å²) in [5.41, 5.74) is 2.14. The molecule has 0 spiro atoms. The van der Waals surface area contributed by atoms with Gasteiger partial charge in [0.25, 0.3) is 0 Å². The van der Waals surface area contributed by atoms with E-state index in [0.29, 0.717) is 16.6 Å². The van der Waals surface area contributed by atoms with Crippen LogP contribution in [0.3, 0.4) is 0 Å². The molecule has 0 radical (unpaired) electrons.